The molecule has 0 fully saturated rings. The normalized spacial score (nSPS) is 22.9. The second-order valence-corrected chi connectivity index (χ2v) is 36.6. The van der Waals surface area contributed by atoms with E-state index in [9.17, 15) is 0 Å². The Morgan fingerprint density at radius 1 is 0.421 bits per heavy atom. The number of fused-ring (bicyclic) bond motifs is 20. The molecule has 114 heavy (non-hydrogen) atoms. The van der Waals surface area contributed by atoms with Gasteiger partial charge in [0.25, 0.3) is 0 Å². The zero-order valence-corrected chi connectivity index (χ0v) is 66.1. The molecule has 0 radical (unpaired) electrons. The first-order valence-electron chi connectivity index (χ1n) is 43.3. The molecule has 11 aromatic rings. The van der Waals surface area contributed by atoms with Crippen LogP contribution in [0.2, 0.25) is 0 Å². The first-order chi connectivity index (χ1) is 56.1. The maximum atomic E-state index is 2.86. The topological polar surface area (TPSA) is 9.72 Å². The zero-order chi connectivity index (χ0) is 75.3. The van der Waals surface area contributed by atoms with E-state index in [2.05, 4.69) is 315 Å². The summed E-state index contributed by atoms with van der Waals surface area (Å²) in [6.45, 7) is 7.49. The minimum Gasteiger partial charge on any atom is -0.337 e. The first kappa shape index (κ1) is 67.3. The van der Waals surface area contributed by atoms with Crippen LogP contribution in [0.15, 0.2) is 306 Å². The van der Waals surface area contributed by atoms with Crippen LogP contribution in [0.5, 0.6) is 0 Å². The maximum absolute atomic E-state index is 2.86. The van der Waals surface area contributed by atoms with Gasteiger partial charge in [0.2, 0.25) is 0 Å². The quantitative estimate of drug-likeness (QED) is 0.147. The van der Waals surface area contributed by atoms with Crippen molar-refractivity contribution in [3.63, 3.8) is 0 Å². The lowest BCUT2D eigenvalue weighted by Crippen LogP contribution is -2.41. The molecule has 0 N–H and O–H groups in total. The molecule has 0 saturated carbocycles. The number of anilines is 6. The van der Waals surface area contributed by atoms with Crippen molar-refractivity contribution in [2.45, 2.75) is 165 Å². The number of benzene rings is 11. The number of hydrogen-bond donors (Lipinski definition) is 0. The van der Waals surface area contributed by atoms with Gasteiger partial charge in [-0.3, -0.25) is 0 Å². The number of nitrogens with zero attached hydrogens (tertiary/aromatic N) is 3. The van der Waals surface area contributed by atoms with Gasteiger partial charge in [-0.1, -0.05) is 257 Å². The highest BCUT2D eigenvalue weighted by molar-refractivity contribution is 5.93. The van der Waals surface area contributed by atoms with Crippen molar-refractivity contribution < 1.29 is 0 Å². The Morgan fingerprint density at radius 3 is 1.67 bits per heavy atom. The number of allylic oxidation sites excluding steroid dienone is 12. The maximum Gasteiger partial charge on any atom is 0.0560 e. The van der Waals surface area contributed by atoms with Gasteiger partial charge in [0.1, 0.15) is 0 Å². The predicted octanol–water partition coefficient (Wildman–Crippen LogP) is 26.3. The summed E-state index contributed by atoms with van der Waals surface area (Å²) in [5, 5.41) is 0. The van der Waals surface area contributed by atoms with E-state index in [0.717, 1.165) is 109 Å². The van der Waals surface area contributed by atoms with Crippen LogP contribution >= 0.6 is 0 Å². The molecule has 5 atom stereocenters. The summed E-state index contributed by atoms with van der Waals surface area (Å²) in [6, 6.07) is 93.9. The summed E-state index contributed by atoms with van der Waals surface area (Å²) < 4.78 is 0. The first-order valence-corrected chi connectivity index (χ1v) is 43.3. The molecule has 10 aliphatic carbocycles. The average Bonchev–Trinajstić information content (AvgIpc) is 1.55. The summed E-state index contributed by atoms with van der Waals surface area (Å²) in [4.78, 5) is 8.20. The highest BCUT2D eigenvalue weighted by atomic mass is 15.2. The molecule has 0 aromatic heterocycles. The van der Waals surface area contributed by atoms with Crippen LogP contribution in [-0.4, -0.2) is 6.04 Å². The minimum atomic E-state index is -0.221. The smallest absolute Gasteiger partial charge is 0.0560 e. The summed E-state index contributed by atoms with van der Waals surface area (Å²) in [7, 11) is 0. The van der Waals surface area contributed by atoms with Crippen LogP contribution in [0.1, 0.15) is 184 Å². The number of hydrogen-bond acceptors (Lipinski definition) is 3. The Balaban J connectivity index is 0.562. The van der Waals surface area contributed by atoms with Crippen LogP contribution < -0.4 is 14.7 Å². The molecule has 0 amide bonds. The Hall–Kier alpha value is -11.3. The van der Waals surface area contributed by atoms with E-state index in [1.807, 2.05) is 0 Å². The molecule has 0 bridgehead atoms. The molecule has 3 heterocycles. The van der Waals surface area contributed by atoms with Gasteiger partial charge in [-0.2, -0.15) is 0 Å². The second-order valence-electron chi connectivity index (χ2n) is 36.6. The summed E-state index contributed by atoms with van der Waals surface area (Å²) >= 11 is 0. The monoisotopic (exact) mass is 1470 g/mol. The number of rotatable bonds is 7. The number of para-hydroxylation sites is 4. The van der Waals surface area contributed by atoms with Crippen molar-refractivity contribution in [3.8, 4) is 11.1 Å². The average molecular weight is 1470 g/mol. The number of aryl methyl sites for hydroxylation is 4. The van der Waals surface area contributed by atoms with Crippen molar-refractivity contribution >= 4 is 57.4 Å². The third kappa shape index (κ3) is 10.1. The molecule has 3 aliphatic heterocycles. The van der Waals surface area contributed by atoms with Crippen molar-refractivity contribution in [1.82, 2.24) is 0 Å². The van der Waals surface area contributed by atoms with E-state index in [1.54, 1.807) is 44.7 Å². The third-order valence-corrected chi connectivity index (χ3v) is 30.4. The molecule has 5 unspecified atom stereocenters. The lowest BCUT2D eigenvalue weighted by Gasteiger charge is -2.43. The Bertz CT molecular complexity index is 6180. The van der Waals surface area contributed by atoms with Gasteiger partial charge in [0.05, 0.1) is 6.04 Å². The lowest BCUT2D eigenvalue weighted by atomic mass is 9.71. The molecular formula is C111H97N3. The van der Waals surface area contributed by atoms with Crippen LogP contribution in [0.25, 0.3) is 34.4 Å². The molecular weight excluding hydrogens is 1380 g/mol. The largest absolute Gasteiger partial charge is 0.337 e. The van der Waals surface area contributed by atoms with Gasteiger partial charge in [-0.15, -0.1) is 0 Å². The molecule has 13 aliphatic rings. The summed E-state index contributed by atoms with van der Waals surface area (Å²) in [6.07, 6.45) is 38.0. The van der Waals surface area contributed by atoms with Crippen LogP contribution in [0.3, 0.4) is 0 Å². The van der Waals surface area contributed by atoms with Crippen LogP contribution in [-0.2, 0) is 80.5 Å². The van der Waals surface area contributed by atoms with Gasteiger partial charge in [0.15, 0.2) is 0 Å². The third-order valence-electron chi connectivity index (χ3n) is 30.4. The van der Waals surface area contributed by atoms with Crippen LogP contribution in [0.4, 0.5) is 34.1 Å². The molecule has 3 nitrogen and oxygen atoms in total. The standard InChI is InChI=1S/C111H97N3/c1-69-54-71(3)108-80(55-69)42-41-77-21-11-15-32-106(77)114(108)88-46-53-94-91-48-37-73(58-98(91)110(101(94)62-88)65-83-25-6-7-26-84(83)66-110)35-34-72-36-47-90-93-52-45-87(61-100(93)109(97(90)57-72)63-81-23-4-5-24-82(81)64-109)113-105-31-14-10-22-78(105)43-50-89-79(27-17-33-107(89)113)56-74-38-49-92-95-51-44-86(112-103-29-12-8-19-75(103)39-40-76-20-9-13-30-104(76)112)60-102(95)111(99(92)59-74)67-85-28-16-18-70(2)96(85)68-111/h4-17,19-38,45-49,52-53,57-61,69-71,88H,18,39-44,50-51,54-56,62-68H2,1-3H3. The summed E-state index contributed by atoms with van der Waals surface area (Å²) in [5.74, 6) is 1.82. The van der Waals surface area contributed by atoms with Crippen molar-refractivity contribution in [1.29, 1.82) is 0 Å². The Kier molecular flexibility index (Phi) is 15.1. The summed E-state index contributed by atoms with van der Waals surface area (Å²) in [5.41, 5.74) is 52.2. The van der Waals surface area contributed by atoms with Gasteiger partial charge in [-0.25, -0.2) is 0 Å². The van der Waals surface area contributed by atoms with Crippen LogP contribution in [0, 0.1) is 17.8 Å². The lowest BCUT2D eigenvalue weighted by molar-refractivity contribution is 0.397. The highest BCUT2D eigenvalue weighted by Gasteiger charge is 2.54. The van der Waals surface area contributed by atoms with Crippen molar-refractivity contribution in [3.05, 3.63) is 412 Å². The SMILES string of the molecule is CC1CC2=C(C(C)C1)N(C1C=CC3=C(C1)C1(Cc4ccccc4C1)c1cc(C=Cc4ccc5c(c4)C4(Cc6ccccc6C4)c4cc(N6c7ccccc7CCc7c(Cc8ccc9c(c8)C8(CC%10=C(C8)C(C)CC=C%10)C8=C9CCC(N9c%10ccccc%10CCc%10ccccc%109)=C8)cccc76)ccc4-5)ccc13)c1ccccc1CC2. The van der Waals surface area contributed by atoms with E-state index in [-0.39, 0.29) is 22.3 Å². The molecule has 3 heteroatoms. The van der Waals surface area contributed by atoms with Gasteiger partial charge >= 0.3 is 0 Å². The van der Waals surface area contributed by atoms with E-state index in [1.165, 1.54) is 176 Å². The van der Waals surface area contributed by atoms with E-state index in [4.69, 9.17) is 0 Å². The van der Waals surface area contributed by atoms with Gasteiger partial charge in [-0.05, 0) is 339 Å². The van der Waals surface area contributed by atoms with Crippen molar-refractivity contribution in [2.75, 3.05) is 14.7 Å². The Morgan fingerprint density at radius 2 is 0.982 bits per heavy atom. The zero-order valence-electron chi connectivity index (χ0n) is 66.1. The second kappa shape index (κ2) is 25.6. The fraction of sp³-hybridized carbons (Fsp3) is 0.261. The minimum absolute atomic E-state index is 0.0893. The van der Waals surface area contributed by atoms with E-state index < -0.39 is 0 Å². The Labute approximate surface area is 673 Å². The van der Waals surface area contributed by atoms with Crippen molar-refractivity contribution in [2.24, 2.45) is 17.8 Å². The fourth-order valence-corrected chi connectivity index (χ4v) is 25.4. The highest BCUT2D eigenvalue weighted by Crippen LogP contribution is 2.64. The van der Waals surface area contributed by atoms with Gasteiger partial charge < -0.3 is 14.7 Å². The molecule has 0 saturated heterocycles. The van der Waals surface area contributed by atoms with E-state index in [0.29, 0.717) is 11.8 Å². The molecule has 11 aromatic carbocycles. The van der Waals surface area contributed by atoms with Gasteiger partial charge in [0, 0.05) is 61.8 Å². The fourth-order valence-electron chi connectivity index (χ4n) is 25.4. The van der Waals surface area contributed by atoms with E-state index >= 15 is 0 Å². The molecule has 556 valence electrons. The predicted molar refractivity (Wildman–Crippen MR) is 473 cm³/mol. The molecule has 24 rings (SSSR count). The molecule has 3 spiro atoms.